The molecule has 1 aromatic rings. The molecule has 3 N–H and O–H groups in total. The second kappa shape index (κ2) is 11.1. The van der Waals surface area contributed by atoms with Crippen LogP contribution < -0.4 is 10.6 Å². The normalized spacial score (nSPS) is 22.7. The summed E-state index contributed by atoms with van der Waals surface area (Å²) >= 11 is 0. The molecule has 236 valence electrons. The fourth-order valence-electron chi connectivity index (χ4n) is 8.01. The van der Waals surface area contributed by atoms with Gasteiger partial charge in [-0.25, -0.2) is 0 Å². The molecule has 0 atom stereocenters. The van der Waals surface area contributed by atoms with Gasteiger partial charge in [-0.05, 0) is 80.9 Å². The first-order chi connectivity index (χ1) is 19.2. The summed E-state index contributed by atoms with van der Waals surface area (Å²) in [6.45, 7) is 22.4. The maximum Gasteiger partial charge on any atom is 0.243 e. The molecule has 0 aromatic heterocycles. The Balaban J connectivity index is 1.68. The standard InChI is InChI=1S/C36H59N3O3/c1-31(2,3)26-21-25(22-27(28(26)40)32(4,5)6)35(17-13-11-14-18-35)29(41)37-33(7,8)23-39-24-34(9,10)38-36(30(39)42)19-15-12-16-20-36/h21-22,38,40H,11-20,23-24H2,1-10H3,(H,37,41). The second-order valence-corrected chi connectivity index (χ2v) is 17.2. The molecule has 1 aliphatic heterocycles. The van der Waals surface area contributed by atoms with Crippen LogP contribution >= 0.6 is 0 Å². The summed E-state index contributed by atoms with van der Waals surface area (Å²) in [5, 5.41) is 18.6. The van der Waals surface area contributed by atoms with Gasteiger partial charge in [0.15, 0.2) is 0 Å². The fourth-order valence-corrected chi connectivity index (χ4v) is 8.01. The van der Waals surface area contributed by atoms with Gasteiger partial charge in [-0.3, -0.25) is 14.9 Å². The van der Waals surface area contributed by atoms with Crippen LogP contribution in [0.25, 0.3) is 0 Å². The van der Waals surface area contributed by atoms with Crippen molar-refractivity contribution in [1.82, 2.24) is 15.5 Å². The van der Waals surface area contributed by atoms with Crippen LogP contribution in [0.1, 0.15) is 150 Å². The Bertz CT molecular complexity index is 1140. The molecule has 3 fully saturated rings. The van der Waals surface area contributed by atoms with E-state index in [1.165, 1.54) is 6.42 Å². The van der Waals surface area contributed by atoms with Crippen LogP contribution in [0.2, 0.25) is 0 Å². The molecule has 2 aliphatic carbocycles. The number of rotatable bonds is 5. The fraction of sp³-hybridized carbons (Fsp3) is 0.778. The SMILES string of the molecule is CC(C)(CN1CC(C)(C)NC2(CCCCC2)C1=O)NC(=O)C1(c2cc(C(C)(C)C)c(O)c(C(C)(C)C)c2)CCCCC1. The number of piperazine rings is 1. The van der Waals surface area contributed by atoms with Crippen LogP contribution in [-0.4, -0.2) is 51.5 Å². The zero-order valence-corrected chi connectivity index (χ0v) is 28.4. The lowest BCUT2D eigenvalue weighted by Crippen LogP contribution is -2.74. The van der Waals surface area contributed by atoms with Gasteiger partial charge in [-0.15, -0.1) is 0 Å². The highest BCUT2D eigenvalue weighted by molar-refractivity contribution is 5.90. The molecule has 6 heteroatoms. The number of hydrogen-bond acceptors (Lipinski definition) is 4. The molecular weight excluding hydrogens is 522 g/mol. The van der Waals surface area contributed by atoms with Gasteiger partial charge in [-0.2, -0.15) is 0 Å². The predicted molar refractivity (Wildman–Crippen MR) is 172 cm³/mol. The maximum absolute atomic E-state index is 14.6. The zero-order valence-electron chi connectivity index (χ0n) is 28.4. The molecule has 1 saturated heterocycles. The van der Waals surface area contributed by atoms with Gasteiger partial charge >= 0.3 is 0 Å². The maximum atomic E-state index is 14.6. The minimum absolute atomic E-state index is 0.0480. The highest BCUT2D eigenvalue weighted by Gasteiger charge is 2.51. The molecule has 1 aromatic carbocycles. The Labute approximate surface area is 255 Å². The van der Waals surface area contributed by atoms with Gasteiger partial charge in [0, 0.05) is 18.6 Å². The average molecular weight is 582 g/mol. The first kappa shape index (κ1) is 32.8. The molecular formula is C36H59N3O3. The van der Waals surface area contributed by atoms with Crippen LogP contribution in [0.5, 0.6) is 5.75 Å². The molecule has 3 aliphatic rings. The third-order valence-electron chi connectivity index (χ3n) is 10.0. The van der Waals surface area contributed by atoms with E-state index >= 15 is 0 Å². The minimum atomic E-state index is -0.666. The molecule has 2 saturated carbocycles. The number of nitrogens with one attached hydrogen (secondary N) is 2. The molecule has 0 bridgehead atoms. The highest BCUT2D eigenvalue weighted by atomic mass is 16.3. The molecule has 4 rings (SSSR count). The molecule has 1 heterocycles. The van der Waals surface area contributed by atoms with Gasteiger partial charge < -0.3 is 15.3 Å². The van der Waals surface area contributed by atoms with Gasteiger partial charge in [0.25, 0.3) is 0 Å². The Hall–Kier alpha value is -2.08. The van der Waals surface area contributed by atoms with Crippen molar-refractivity contribution in [1.29, 1.82) is 0 Å². The van der Waals surface area contributed by atoms with Crippen LogP contribution in [0.3, 0.4) is 0 Å². The highest BCUT2D eigenvalue weighted by Crippen LogP contribution is 2.47. The number of hydrogen-bond donors (Lipinski definition) is 3. The lowest BCUT2D eigenvalue weighted by atomic mass is 9.66. The lowest BCUT2D eigenvalue weighted by molar-refractivity contribution is -0.149. The van der Waals surface area contributed by atoms with Gasteiger partial charge in [0.2, 0.25) is 11.8 Å². The average Bonchev–Trinajstić information content (AvgIpc) is 2.86. The number of aromatic hydroxyl groups is 1. The van der Waals surface area contributed by atoms with Crippen LogP contribution in [0.4, 0.5) is 0 Å². The van der Waals surface area contributed by atoms with Crippen molar-refractivity contribution >= 4 is 11.8 Å². The summed E-state index contributed by atoms with van der Waals surface area (Å²) in [7, 11) is 0. The molecule has 2 amide bonds. The number of carbonyl (C=O) groups is 2. The Morgan fingerprint density at radius 2 is 1.33 bits per heavy atom. The van der Waals surface area contributed by atoms with Crippen LogP contribution in [0, 0.1) is 0 Å². The third-order valence-corrected chi connectivity index (χ3v) is 10.0. The number of amides is 2. The number of phenols is 1. The largest absolute Gasteiger partial charge is 0.507 e. The van der Waals surface area contributed by atoms with Crippen molar-refractivity contribution in [3.8, 4) is 5.75 Å². The van der Waals surface area contributed by atoms with E-state index in [4.69, 9.17) is 0 Å². The van der Waals surface area contributed by atoms with Crippen molar-refractivity contribution in [2.45, 2.75) is 166 Å². The predicted octanol–water partition coefficient (Wildman–Crippen LogP) is 7.00. The summed E-state index contributed by atoms with van der Waals surface area (Å²) in [4.78, 5) is 30.6. The van der Waals surface area contributed by atoms with E-state index in [-0.39, 0.29) is 28.2 Å². The van der Waals surface area contributed by atoms with E-state index in [1.54, 1.807) is 0 Å². The summed E-state index contributed by atoms with van der Waals surface area (Å²) in [6.07, 6.45) is 9.80. The number of phenolic OH excluding ortho intramolecular Hbond substituents is 1. The third kappa shape index (κ3) is 6.54. The van der Waals surface area contributed by atoms with Crippen molar-refractivity contribution in [2.24, 2.45) is 0 Å². The van der Waals surface area contributed by atoms with Gasteiger partial charge in [0.05, 0.1) is 16.5 Å². The summed E-state index contributed by atoms with van der Waals surface area (Å²) in [5.74, 6) is 0.591. The van der Waals surface area contributed by atoms with Crippen molar-refractivity contribution in [3.05, 3.63) is 28.8 Å². The number of nitrogens with zero attached hydrogens (tertiary/aromatic N) is 1. The number of carbonyl (C=O) groups excluding carboxylic acids is 2. The molecule has 1 spiro atoms. The first-order valence-corrected chi connectivity index (χ1v) is 16.5. The quantitative estimate of drug-likeness (QED) is 0.350. The lowest BCUT2D eigenvalue weighted by Gasteiger charge is -2.53. The molecule has 42 heavy (non-hydrogen) atoms. The van der Waals surface area contributed by atoms with Crippen molar-refractivity contribution in [3.63, 3.8) is 0 Å². The van der Waals surface area contributed by atoms with E-state index < -0.39 is 16.5 Å². The van der Waals surface area contributed by atoms with E-state index in [0.717, 1.165) is 74.5 Å². The summed E-state index contributed by atoms with van der Waals surface area (Å²) < 4.78 is 0. The van der Waals surface area contributed by atoms with Crippen molar-refractivity contribution < 1.29 is 14.7 Å². The van der Waals surface area contributed by atoms with E-state index in [0.29, 0.717) is 18.8 Å². The zero-order chi connectivity index (χ0) is 31.4. The van der Waals surface area contributed by atoms with Crippen molar-refractivity contribution in [2.75, 3.05) is 13.1 Å². The molecule has 0 radical (unpaired) electrons. The van der Waals surface area contributed by atoms with Crippen LogP contribution in [-0.2, 0) is 25.8 Å². The Morgan fingerprint density at radius 3 is 1.81 bits per heavy atom. The Kier molecular flexibility index (Phi) is 8.70. The summed E-state index contributed by atoms with van der Waals surface area (Å²) in [5.41, 5.74) is 0.341. The Morgan fingerprint density at radius 1 is 0.857 bits per heavy atom. The van der Waals surface area contributed by atoms with Gasteiger partial charge in [-0.1, -0.05) is 92.2 Å². The van der Waals surface area contributed by atoms with E-state index in [1.807, 2.05) is 4.90 Å². The van der Waals surface area contributed by atoms with E-state index in [2.05, 4.69) is 92.0 Å². The van der Waals surface area contributed by atoms with E-state index in [9.17, 15) is 14.7 Å². The number of benzene rings is 1. The molecule has 6 nitrogen and oxygen atoms in total. The summed E-state index contributed by atoms with van der Waals surface area (Å²) in [6, 6.07) is 4.22. The first-order valence-electron chi connectivity index (χ1n) is 16.5. The molecule has 0 unspecified atom stereocenters. The van der Waals surface area contributed by atoms with Gasteiger partial charge in [0.1, 0.15) is 5.75 Å². The minimum Gasteiger partial charge on any atom is -0.507 e. The van der Waals surface area contributed by atoms with Crippen LogP contribution in [0.15, 0.2) is 12.1 Å². The smallest absolute Gasteiger partial charge is 0.243 e. The topological polar surface area (TPSA) is 81.7 Å². The second-order valence-electron chi connectivity index (χ2n) is 17.2. The monoisotopic (exact) mass is 581 g/mol.